The van der Waals surface area contributed by atoms with Gasteiger partial charge in [0.1, 0.15) is 5.54 Å². The summed E-state index contributed by atoms with van der Waals surface area (Å²) in [6, 6.07) is 5.84. The number of hydrogen-bond acceptors (Lipinski definition) is 4. The molecule has 1 aromatic carbocycles. The first kappa shape index (κ1) is 16.9. The summed E-state index contributed by atoms with van der Waals surface area (Å²) in [6.07, 6.45) is 1.77. The molecule has 2 N–H and O–H groups in total. The molecule has 0 aromatic heterocycles. The molecule has 0 aliphatic carbocycles. The molecule has 25 heavy (non-hydrogen) atoms. The van der Waals surface area contributed by atoms with Crippen molar-refractivity contribution in [1.82, 2.24) is 15.8 Å². The Kier molecular flexibility index (Phi) is 4.20. The fourth-order valence-corrected chi connectivity index (χ4v) is 2.91. The van der Waals surface area contributed by atoms with Gasteiger partial charge in [0, 0.05) is 24.2 Å². The number of rotatable bonds is 4. The van der Waals surface area contributed by atoms with E-state index in [1.165, 1.54) is 0 Å². The third-order valence-corrected chi connectivity index (χ3v) is 4.70. The minimum absolute atomic E-state index is 0.0652. The largest absolute Gasteiger partial charge is 0.344 e. The second-order valence-electron chi connectivity index (χ2n) is 6.39. The minimum atomic E-state index is -1.01. The quantitative estimate of drug-likeness (QED) is 0.801. The zero-order valence-electron chi connectivity index (χ0n) is 14.2. The van der Waals surface area contributed by atoms with E-state index < -0.39 is 23.4 Å². The van der Waals surface area contributed by atoms with Crippen molar-refractivity contribution in [3.05, 3.63) is 29.8 Å². The van der Waals surface area contributed by atoms with E-state index in [9.17, 15) is 19.2 Å². The van der Waals surface area contributed by atoms with Crippen LogP contribution in [-0.2, 0) is 9.59 Å². The Bertz CT molecular complexity index is 746. The van der Waals surface area contributed by atoms with Gasteiger partial charge in [-0.1, -0.05) is 6.92 Å². The highest BCUT2D eigenvalue weighted by Crippen LogP contribution is 2.22. The Morgan fingerprint density at radius 1 is 1.24 bits per heavy atom. The second-order valence-corrected chi connectivity index (χ2v) is 6.39. The lowest BCUT2D eigenvalue weighted by atomic mass is 10.00. The highest BCUT2D eigenvalue weighted by molar-refractivity contribution is 6.09. The van der Waals surface area contributed by atoms with Crippen molar-refractivity contribution in [3.63, 3.8) is 0 Å². The van der Waals surface area contributed by atoms with E-state index >= 15 is 0 Å². The average Bonchev–Trinajstić information content (AvgIpc) is 3.12. The number of hydrogen-bond donors (Lipinski definition) is 2. The van der Waals surface area contributed by atoms with Crippen molar-refractivity contribution in [3.8, 4) is 0 Å². The van der Waals surface area contributed by atoms with Gasteiger partial charge in [-0.3, -0.25) is 19.8 Å². The molecule has 0 bridgehead atoms. The van der Waals surface area contributed by atoms with Gasteiger partial charge in [-0.25, -0.2) is 4.79 Å². The number of anilines is 1. The summed E-state index contributed by atoms with van der Waals surface area (Å²) >= 11 is 0. The van der Waals surface area contributed by atoms with Gasteiger partial charge in [-0.05, 0) is 44.0 Å². The van der Waals surface area contributed by atoms with Crippen molar-refractivity contribution in [2.24, 2.45) is 0 Å². The zero-order chi connectivity index (χ0) is 18.2. The molecule has 0 radical (unpaired) electrons. The molecular formula is C17H20N4O4. The third-order valence-electron chi connectivity index (χ3n) is 4.70. The maximum atomic E-state index is 12.3. The second kappa shape index (κ2) is 6.19. The van der Waals surface area contributed by atoms with Gasteiger partial charge >= 0.3 is 6.03 Å². The molecule has 132 valence electrons. The lowest BCUT2D eigenvalue weighted by molar-refractivity contribution is -0.132. The van der Waals surface area contributed by atoms with Gasteiger partial charge in [0.2, 0.25) is 5.91 Å². The number of hydrazine groups is 1. The van der Waals surface area contributed by atoms with E-state index in [1.54, 1.807) is 43.0 Å². The number of nitrogens with zero attached hydrogens (tertiary/aromatic N) is 2. The van der Waals surface area contributed by atoms with Gasteiger partial charge in [-0.15, -0.1) is 0 Å². The molecule has 5 amide bonds. The lowest BCUT2D eigenvalue weighted by Crippen LogP contribution is -2.48. The van der Waals surface area contributed by atoms with Crippen molar-refractivity contribution in [2.75, 3.05) is 11.4 Å². The Labute approximate surface area is 145 Å². The summed E-state index contributed by atoms with van der Waals surface area (Å²) in [4.78, 5) is 49.9. The van der Waals surface area contributed by atoms with Crippen LogP contribution < -0.4 is 15.6 Å². The van der Waals surface area contributed by atoms with Gasteiger partial charge < -0.3 is 10.2 Å². The number of benzene rings is 1. The van der Waals surface area contributed by atoms with Gasteiger partial charge in [-0.2, -0.15) is 5.01 Å². The zero-order valence-corrected chi connectivity index (χ0v) is 14.2. The molecular weight excluding hydrogens is 324 g/mol. The molecule has 2 heterocycles. The molecule has 1 aromatic rings. The Hall–Kier alpha value is -2.90. The molecule has 0 saturated carbocycles. The van der Waals surface area contributed by atoms with Gasteiger partial charge in [0.25, 0.3) is 11.8 Å². The van der Waals surface area contributed by atoms with Crippen LogP contribution in [0.2, 0.25) is 0 Å². The molecule has 0 unspecified atom stereocenters. The van der Waals surface area contributed by atoms with Crippen molar-refractivity contribution in [1.29, 1.82) is 0 Å². The molecule has 2 aliphatic heterocycles. The predicted molar refractivity (Wildman–Crippen MR) is 89.6 cm³/mol. The molecule has 8 heteroatoms. The number of carbonyl (C=O) groups is 4. The molecule has 0 spiro atoms. The summed E-state index contributed by atoms with van der Waals surface area (Å²) < 4.78 is 0. The van der Waals surface area contributed by atoms with Crippen molar-refractivity contribution in [2.45, 2.75) is 38.6 Å². The van der Waals surface area contributed by atoms with Crippen LogP contribution in [0.25, 0.3) is 0 Å². The van der Waals surface area contributed by atoms with E-state index in [2.05, 4.69) is 10.7 Å². The maximum absolute atomic E-state index is 12.3. The lowest BCUT2D eigenvalue weighted by Gasteiger charge is -2.19. The van der Waals surface area contributed by atoms with Crippen LogP contribution in [0, 0.1) is 0 Å². The smallest absolute Gasteiger partial charge is 0.322 e. The monoisotopic (exact) mass is 344 g/mol. The van der Waals surface area contributed by atoms with Gasteiger partial charge in [0.15, 0.2) is 0 Å². The molecule has 8 nitrogen and oxygen atoms in total. The molecule has 2 fully saturated rings. The summed E-state index contributed by atoms with van der Waals surface area (Å²) in [5.74, 6) is -0.994. The summed E-state index contributed by atoms with van der Waals surface area (Å²) in [5.41, 5.74) is 2.35. The summed E-state index contributed by atoms with van der Waals surface area (Å²) in [7, 11) is 0. The van der Waals surface area contributed by atoms with E-state index in [-0.39, 0.29) is 5.91 Å². The van der Waals surface area contributed by atoms with Crippen LogP contribution in [0.4, 0.5) is 10.5 Å². The van der Waals surface area contributed by atoms with E-state index in [0.29, 0.717) is 30.0 Å². The Morgan fingerprint density at radius 3 is 2.44 bits per heavy atom. The topological polar surface area (TPSA) is 98.8 Å². The minimum Gasteiger partial charge on any atom is -0.322 e. The standard InChI is InChI=1S/C17H20N4O4/c1-3-17(2)15(24)21(16(25)18-17)19-14(23)11-6-8-12(9-7-11)20-10-4-5-13(20)22/h6-9H,3-5,10H2,1-2H3,(H,18,25)(H,19,23)/t17-/m0/s1. The summed E-state index contributed by atoms with van der Waals surface area (Å²) in [5, 5.41) is 3.28. The fourth-order valence-electron chi connectivity index (χ4n) is 2.91. The maximum Gasteiger partial charge on any atom is 0.344 e. The molecule has 1 atom stereocenters. The molecule has 3 rings (SSSR count). The Balaban J connectivity index is 1.70. The van der Waals surface area contributed by atoms with Gasteiger partial charge in [0.05, 0.1) is 0 Å². The summed E-state index contributed by atoms with van der Waals surface area (Å²) in [6.45, 7) is 4.06. The third kappa shape index (κ3) is 2.95. The first-order valence-corrected chi connectivity index (χ1v) is 8.24. The predicted octanol–water partition coefficient (Wildman–Crippen LogP) is 1.18. The van der Waals surface area contributed by atoms with Crippen LogP contribution in [0.15, 0.2) is 24.3 Å². The van der Waals surface area contributed by atoms with E-state index in [0.717, 1.165) is 12.1 Å². The number of nitrogens with one attached hydrogen (secondary N) is 2. The molecule has 2 saturated heterocycles. The van der Waals surface area contributed by atoms with Crippen LogP contribution in [0.5, 0.6) is 0 Å². The first-order valence-electron chi connectivity index (χ1n) is 8.24. The fraction of sp³-hybridized carbons (Fsp3) is 0.412. The van der Waals surface area contributed by atoms with Crippen LogP contribution in [0.1, 0.15) is 43.5 Å². The van der Waals surface area contributed by atoms with Crippen LogP contribution in [-0.4, -0.2) is 40.8 Å². The van der Waals surface area contributed by atoms with Crippen LogP contribution in [0.3, 0.4) is 0 Å². The number of imide groups is 1. The van der Waals surface area contributed by atoms with Crippen molar-refractivity contribution >= 4 is 29.4 Å². The SMILES string of the molecule is CC[C@]1(C)NC(=O)N(NC(=O)c2ccc(N3CCCC3=O)cc2)C1=O. The molecule has 2 aliphatic rings. The number of amides is 5. The normalized spacial score (nSPS) is 23.2. The average molecular weight is 344 g/mol. The van der Waals surface area contributed by atoms with E-state index in [4.69, 9.17) is 0 Å². The highest BCUT2D eigenvalue weighted by Gasteiger charge is 2.47. The van der Waals surface area contributed by atoms with Crippen LogP contribution >= 0.6 is 0 Å². The van der Waals surface area contributed by atoms with E-state index in [1.807, 2.05) is 0 Å². The number of urea groups is 1. The van der Waals surface area contributed by atoms with Crippen molar-refractivity contribution < 1.29 is 19.2 Å². The highest BCUT2D eigenvalue weighted by atomic mass is 16.2. The Morgan fingerprint density at radius 2 is 1.92 bits per heavy atom. The number of carbonyl (C=O) groups excluding carboxylic acids is 4. The first-order chi connectivity index (χ1) is 11.9.